The third-order valence-electron chi connectivity index (χ3n) is 4.76. The van der Waals surface area contributed by atoms with Gasteiger partial charge in [-0.2, -0.15) is 9.97 Å². The molecule has 0 aromatic carbocycles. The van der Waals surface area contributed by atoms with Crippen LogP contribution in [0.1, 0.15) is 33.9 Å². The van der Waals surface area contributed by atoms with Gasteiger partial charge in [0.1, 0.15) is 12.7 Å². The summed E-state index contributed by atoms with van der Waals surface area (Å²) in [5, 5.41) is 2.85. The molecule has 0 saturated carbocycles. The zero-order valence-electron chi connectivity index (χ0n) is 17.4. The molecule has 164 valence electrons. The first kappa shape index (κ1) is 21.7. The topological polar surface area (TPSA) is 143 Å². The van der Waals surface area contributed by atoms with Crippen molar-refractivity contribution in [2.24, 2.45) is 5.92 Å². The van der Waals surface area contributed by atoms with Crippen molar-refractivity contribution in [3.63, 3.8) is 0 Å². The number of ether oxygens (including phenoxy) is 3. The number of nitrogens with zero attached hydrogens (tertiary/aromatic N) is 4. The first-order chi connectivity index (χ1) is 14.1. The van der Waals surface area contributed by atoms with E-state index in [1.807, 2.05) is 0 Å². The van der Waals surface area contributed by atoms with Gasteiger partial charge < -0.3 is 25.3 Å². The second-order valence-corrected chi connectivity index (χ2v) is 7.50. The van der Waals surface area contributed by atoms with Gasteiger partial charge in [-0.3, -0.25) is 14.2 Å². The highest BCUT2D eigenvalue weighted by Gasteiger charge is 2.58. The monoisotopic (exact) mass is 424 g/mol. The first-order valence-corrected chi connectivity index (χ1v) is 9.42. The van der Waals surface area contributed by atoms with Crippen molar-refractivity contribution >= 4 is 34.9 Å². The number of imidazole rings is 1. The van der Waals surface area contributed by atoms with Crippen molar-refractivity contribution in [1.82, 2.24) is 19.5 Å². The number of halogens is 1. The van der Waals surface area contributed by atoms with E-state index in [1.54, 1.807) is 20.9 Å². The largest absolute Gasteiger partial charge is 0.463 e. The summed E-state index contributed by atoms with van der Waals surface area (Å²) < 4.78 is 33.5. The second kappa shape index (κ2) is 8.01. The lowest BCUT2D eigenvalue weighted by Crippen LogP contribution is -2.44. The minimum Gasteiger partial charge on any atom is -0.463 e. The van der Waals surface area contributed by atoms with E-state index in [0.717, 1.165) is 0 Å². The molecule has 2 aromatic heterocycles. The fraction of sp³-hybridized carbons (Fsp3) is 0.611. The van der Waals surface area contributed by atoms with Gasteiger partial charge in [0.25, 0.3) is 0 Å². The van der Waals surface area contributed by atoms with Crippen LogP contribution in [0.5, 0.6) is 0 Å². The molecule has 0 unspecified atom stereocenters. The molecular formula is C18H25FN6O5. The zero-order chi connectivity index (χ0) is 22.2. The number of carbonyl (C=O) groups excluding carboxylic acids is 2. The molecule has 12 heteroatoms. The van der Waals surface area contributed by atoms with E-state index < -0.39 is 36.0 Å². The number of nitrogen functional groups attached to an aromatic ring is 1. The fourth-order valence-electron chi connectivity index (χ4n) is 3.32. The number of fused-ring (bicyclic) bond motifs is 1. The molecule has 11 nitrogen and oxygen atoms in total. The van der Waals surface area contributed by atoms with E-state index in [-0.39, 0.29) is 24.1 Å². The quantitative estimate of drug-likeness (QED) is 0.649. The van der Waals surface area contributed by atoms with Crippen molar-refractivity contribution in [2.75, 3.05) is 24.7 Å². The molecule has 0 aliphatic carbocycles. The number of anilines is 2. The Morgan fingerprint density at radius 2 is 2.13 bits per heavy atom. The van der Waals surface area contributed by atoms with Crippen LogP contribution in [0.3, 0.4) is 0 Å². The van der Waals surface area contributed by atoms with E-state index in [0.29, 0.717) is 11.3 Å². The van der Waals surface area contributed by atoms with Gasteiger partial charge in [-0.25, -0.2) is 9.37 Å². The molecule has 3 N–H and O–H groups in total. The highest BCUT2D eigenvalue weighted by Crippen LogP contribution is 2.44. The molecule has 2 aromatic rings. The Kier molecular flexibility index (Phi) is 5.79. The minimum absolute atomic E-state index is 0.0360. The Morgan fingerprint density at radius 3 is 2.73 bits per heavy atom. The Labute approximate surface area is 172 Å². The number of rotatable bonds is 6. The molecule has 4 atom stereocenters. The normalized spacial score (nSPS) is 26.2. The predicted octanol–water partition coefficient (Wildman–Crippen LogP) is 1.21. The van der Waals surface area contributed by atoms with Gasteiger partial charge in [0.15, 0.2) is 35.0 Å². The van der Waals surface area contributed by atoms with Gasteiger partial charge in [0, 0.05) is 14.0 Å². The summed E-state index contributed by atoms with van der Waals surface area (Å²) in [6.45, 7) is 5.47. The maximum atomic E-state index is 15.9. The summed E-state index contributed by atoms with van der Waals surface area (Å²) in [5.74, 6) is -1.20. The summed E-state index contributed by atoms with van der Waals surface area (Å²) in [6.07, 6.45) is -2.28. The number of esters is 2. The zero-order valence-corrected chi connectivity index (χ0v) is 17.4. The van der Waals surface area contributed by atoms with Crippen molar-refractivity contribution < 1.29 is 28.2 Å². The van der Waals surface area contributed by atoms with E-state index in [9.17, 15) is 9.59 Å². The Balaban J connectivity index is 1.98. The summed E-state index contributed by atoms with van der Waals surface area (Å²) in [7, 11) is 1.64. The van der Waals surface area contributed by atoms with Gasteiger partial charge >= 0.3 is 11.9 Å². The number of hydrogen-bond acceptors (Lipinski definition) is 10. The fourth-order valence-corrected chi connectivity index (χ4v) is 3.32. The maximum Gasteiger partial charge on any atom is 0.308 e. The highest BCUT2D eigenvalue weighted by molar-refractivity contribution is 5.84. The molecule has 1 fully saturated rings. The van der Waals surface area contributed by atoms with Gasteiger partial charge in [0.2, 0.25) is 5.95 Å². The van der Waals surface area contributed by atoms with Gasteiger partial charge in [-0.1, -0.05) is 13.8 Å². The number of alkyl halides is 1. The highest BCUT2D eigenvalue weighted by atomic mass is 19.1. The van der Waals surface area contributed by atoms with Crippen LogP contribution in [-0.4, -0.2) is 63.0 Å². The third-order valence-corrected chi connectivity index (χ3v) is 4.76. The lowest BCUT2D eigenvalue weighted by Gasteiger charge is -2.27. The molecule has 3 rings (SSSR count). The number of nitrogens with one attached hydrogen (secondary N) is 1. The summed E-state index contributed by atoms with van der Waals surface area (Å²) in [6, 6.07) is 0. The van der Waals surface area contributed by atoms with Crippen LogP contribution in [0, 0.1) is 5.92 Å². The predicted molar refractivity (Wildman–Crippen MR) is 104 cm³/mol. The molecule has 0 radical (unpaired) electrons. The van der Waals surface area contributed by atoms with Gasteiger partial charge in [0.05, 0.1) is 12.2 Å². The van der Waals surface area contributed by atoms with E-state index >= 15 is 4.39 Å². The third kappa shape index (κ3) is 3.86. The first-order valence-electron chi connectivity index (χ1n) is 9.42. The van der Waals surface area contributed by atoms with Crippen LogP contribution in [0.15, 0.2) is 6.33 Å². The molecule has 30 heavy (non-hydrogen) atoms. The van der Waals surface area contributed by atoms with Crippen LogP contribution in [0.2, 0.25) is 0 Å². The molecule has 0 bridgehead atoms. The molecule has 0 amide bonds. The van der Waals surface area contributed by atoms with Crippen LogP contribution < -0.4 is 11.1 Å². The Bertz CT molecular complexity index is 962. The van der Waals surface area contributed by atoms with Crippen LogP contribution in [-0.2, 0) is 23.8 Å². The Hall–Kier alpha value is -3.02. The number of hydrogen-bond donors (Lipinski definition) is 2. The van der Waals surface area contributed by atoms with E-state index in [1.165, 1.54) is 24.7 Å². The lowest BCUT2D eigenvalue weighted by atomic mass is 9.98. The molecule has 1 saturated heterocycles. The van der Waals surface area contributed by atoms with Crippen molar-refractivity contribution in [2.45, 2.75) is 51.8 Å². The smallest absolute Gasteiger partial charge is 0.308 e. The molecule has 0 spiro atoms. The molecule has 3 heterocycles. The van der Waals surface area contributed by atoms with Gasteiger partial charge in [-0.05, 0) is 6.92 Å². The van der Waals surface area contributed by atoms with E-state index in [2.05, 4.69) is 20.3 Å². The van der Waals surface area contributed by atoms with Gasteiger partial charge in [-0.15, -0.1) is 0 Å². The molecular weight excluding hydrogens is 399 g/mol. The summed E-state index contributed by atoms with van der Waals surface area (Å²) >= 11 is 0. The molecule has 1 aliphatic rings. The van der Waals surface area contributed by atoms with E-state index in [4.69, 9.17) is 19.9 Å². The SMILES string of the molecule is CNc1nc(N)nc2c1ncn2[C@@H]1O[C@H](COC(=O)C(C)C)[C@@H](OC(C)=O)[C@@]1(C)F. The summed E-state index contributed by atoms with van der Waals surface area (Å²) in [4.78, 5) is 35.9. The molecule has 1 aliphatic heterocycles. The second-order valence-electron chi connectivity index (χ2n) is 7.50. The van der Waals surface area contributed by atoms with Crippen LogP contribution in [0.25, 0.3) is 11.2 Å². The Morgan fingerprint density at radius 1 is 1.43 bits per heavy atom. The van der Waals surface area contributed by atoms with Crippen molar-refractivity contribution in [1.29, 1.82) is 0 Å². The van der Waals surface area contributed by atoms with Crippen molar-refractivity contribution in [3.8, 4) is 0 Å². The van der Waals surface area contributed by atoms with Crippen LogP contribution in [0.4, 0.5) is 16.2 Å². The number of carbonyl (C=O) groups is 2. The average Bonchev–Trinajstić information content (AvgIpc) is 3.17. The number of aromatic nitrogens is 4. The standard InChI is InChI=1S/C18H25FN6O5/c1-8(2)15(27)28-6-10-12(29-9(3)26)18(4,19)16(30-10)25-7-22-11-13(21-5)23-17(20)24-14(11)25/h7-8,10,12,16H,6H2,1-5H3,(H3,20,21,23,24)/t10-,12-,16-,18-/m1/s1. The number of nitrogens with two attached hydrogens (primary N) is 1. The average molecular weight is 424 g/mol. The minimum atomic E-state index is -2.19. The maximum absolute atomic E-state index is 15.9. The lowest BCUT2D eigenvalue weighted by molar-refractivity contribution is -0.160. The van der Waals surface area contributed by atoms with Crippen molar-refractivity contribution in [3.05, 3.63) is 6.33 Å². The summed E-state index contributed by atoms with van der Waals surface area (Å²) in [5.41, 5.74) is 4.18. The van der Waals surface area contributed by atoms with Crippen LogP contribution >= 0.6 is 0 Å².